The molecule has 1 heterocycles. The van der Waals surface area contributed by atoms with E-state index in [9.17, 15) is 9.59 Å². The highest BCUT2D eigenvalue weighted by Crippen LogP contribution is 2.19. The van der Waals surface area contributed by atoms with E-state index in [1.54, 1.807) is 0 Å². The third-order valence-electron chi connectivity index (χ3n) is 4.96. The molecule has 0 radical (unpaired) electrons. The Morgan fingerprint density at radius 2 is 1.67 bits per heavy atom. The molecule has 0 spiro atoms. The molecule has 2 amide bonds. The molecule has 0 aromatic carbocycles. The van der Waals surface area contributed by atoms with Crippen LogP contribution in [0.1, 0.15) is 46.5 Å². The van der Waals surface area contributed by atoms with Gasteiger partial charge in [0.05, 0.1) is 12.6 Å². The molecule has 1 saturated carbocycles. The SMILES string of the molecule is CCCN(CCC)C(=O)CN1CCN(C(C)C(=O)NC2CC2)CC1. The maximum absolute atomic E-state index is 12.4. The Bertz CT molecular complexity index is 411. The fraction of sp³-hybridized carbons (Fsp3) is 0.889. The summed E-state index contributed by atoms with van der Waals surface area (Å²) in [7, 11) is 0. The summed E-state index contributed by atoms with van der Waals surface area (Å²) in [5, 5.41) is 3.08. The van der Waals surface area contributed by atoms with E-state index in [2.05, 4.69) is 29.0 Å². The number of piperazine rings is 1. The van der Waals surface area contributed by atoms with Crippen LogP contribution in [0.5, 0.6) is 0 Å². The van der Waals surface area contributed by atoms with Crippen LogP contribution in [0.2, 0.25) is 0 Å². The maximum atomic E-state index is 12.4. The molecule has 0 bridgehead atoms. The van der Waals surface area contributed by atoms with Gasteiger partial charge in [-0.25, -0.2) is 0 Å². The first-order chi connectivity index (χ1) is 11.5. The van der Waals surface area contributed by atoms with Crippen molar-refractivity contribution in [1.82, 2.24) is 20.0 Å². The van der Waals surface area contributed by atoms with Crippen LogP contribution in [0.4, 0.5) is 0 Å². The molecule has 1 unspecified atom stereocenters. The second-order valence-corrected chi connectivity index (χ2v) is 7.15. The van der Waals surface area contributed by atoms with Crippen molar-refractivity contribution in [2.75, 3.05) is 45.8 Å². The van der Waals surface area contributed by atoms with Gasteiger partial charge in [0, 0.05) is 45.3 Å². The third-order valence-corrected chi connectivity index (χ3v) is 4.96. The molecule has 1 saturated heterocycles. The van der Waals surface area contributed by atoms with Gasteiger partial charge in [0.25, 0.3) is 0 Å². The highest BCUT2D eigenvalue weighted by molar-refractivity contribution is 5.82. The molecule has 1 aliphatic heterocycles. The summed E-state index contributed by atoms with van der Waals surface area (Å²) in [4.78, 5) is 31.0. The summed E-state index contributed by atoms with van der Waals surface area (Å²) in [6.45, 7) is 11.9. The number of rotatable bonds is 9. The van der Waals surface area contributed by atoms with Crippen LogP contribution in [0.25, 0.3) is 0 Å². The molecule has 6 nitrogen and oxygen atoms in total. The molecule has 2 aliphatic rings. The number of hydrogen-bond donors (Lipinski definition) is 1. The van der Waals surface area contributed by atoms with Crippen molar-refractivity contribution in [1.29, 1.82) is 0 Å². The molecule has 0 aromatic rings. The van der Waals surface area contributed by atoms with Crippen LogP contribution >= 0.6 is 0 Å². The molecular weight excluding hydrogens is 304 g/mol. The van der Waals surface area contributed by atoms with Crippen molar-refractivity contribution in [3.05, 3.63) is 0 Å². The lowest BCUT2D eigenvalue weighted by Crippen LogP contribution is -2.55. The average Bonchev–Trinajstić information content (AvgIpc) is 3.38. The van der Waals surface area contributed by atoms with Crippen LogP contribution < -0.4 is 5.32 Å². The molecule has 138 valence electrons. The minimum Gasteiger partial charge on any atom is -0.352 e. The Morgan fingerprint density at radius 3 is 2.17 bits per heavy atom. The van der Waals surface area contributed by atoms with Gasteiger partial charge in [0.2, 0.25) is 11.8 Å². The fourth-order valence-electron chi connectivity index (χ4n) is 3.22. The lowest BCUT2D eigenvalue weighted by atomic mass is 10.2. The summed E-state index contributed by atoms with van der Waals surface area (Å²) in [6, 6.07) is 0.349. The first-order valence-corrected chi connectivity index (χ1v) is 9.59. The highest BCUT2D eigenvalue weighted by Gasteiger charge is 2.30. The van der Waals surface area contributed by atoms with E-state index in [-0.39, 0.29) is 17.9 Å². The van der Waals surface area contributed by atoms with Crippen molar-refractivity contribution < 1.29 is 9.59 Å². The van der Waals surface area contributed by atoms with E-state index in [1.807, 2.05) is 11.8 Å². The fourth-order valence-corrected chi connectivity index (χ4v) is 3.22. The number of hydrogen-bond acceptors (Lipinski definition) is 4. The zero-order valence-corrected chi connectivity index (χ0v) is 15.6. The Balaban J connectivity index is 1.73. The zero-order valence-electron chi connectivity index (χ0n) is 15.6. The maximum Gasteiger partial charge on any atom is 0.237 e. The number of nitrogens with zero attached hydrogens (tertiary/aromatic N) is 3. The van der Waals surface area contributed by atoms with Gasteiger partial charge in [-0.2, -0.15) is 0 Å². The lowest BCUT2D eigenvalue weighted by molar-refractivity contribution is -0.134. The molecule has 6 heteroatoms. The molecule has 0 aromatic heterocycles. The predicted octanol–water partition coefficient (Wildman–Crippen LogP) is 0.920. The van der Waals surface area contributed by atoms with Gasteiger partial charge < -0.3 is 10.2 Å². The van der Waals surface area contributed by atoms with Crippen LogP contribution in [-0.4, -0.2) is 84.4 Å². The van der Waals surface area contributed by atoms with Crippen molar-refractivity contribution in [3.63, 3.8) is 0 Å². The normalized spacial score (nSPS) is 20.6. The van der Waals surface area contributed by atoms with Crippen LogP contribution in [0.15, 0.2) is 0 Å². The second-order valence-electron chi connectivity index (χ2n) is 7.15. The Kier molecular flexibility index (Phi) is 7.49. The van der Waals surface area contributed by atoms with Crippen LogP contribution in [0, 0.1) is 0 Å². The van der Waals surface area contributed by atoms with Gasteiger partial charge in [0.15, 0.2) is 0 Å². The number of carbonyl (C=O) groups excluding carboxylic acids is 2. The largest absolute Gasteiger partial charge is 0.352 e. The van der Waals surface area contributed by atoms with Gasteiger partial charge in [-0.05, 0) is 32.6 Å². The van der Waals surface area contributed by atoms with Gasteiger partial charge in [-0.1, -0.05) is 13.8 Å². The Labute approximate surface area is 146 Å². The summed E-state index contributed by atoms with van der Waals surface area (Å²) in [5.74, 6) is 0.394. The predicted molar refractivity (Wildman–Crippen MR) is 95.8 cm³/mol. The topological polar surface area (TPSA) is 55.9 Å². The van der Waals surface area contributed by atoms with Crippen LogP contribution in [-0.2, 0) is 9.59 Å². The lowest BCUT2D eigenvalue weighted by Gasteiger charge is -2.37. The minimum atomic E-state index is -0.0693. The van der Waals surface area contributed by atoms with Crippen LogP contribution in [0.3, 0.4) is 0 Å². The molecule has 24 heavy (non-hydrogen) atoms. The summed E-state index contributed by atoms with van der Waals surface area (Å²) in [6.07, 6.45) is 4.26. The van der Waals surface area contributed by atoms with E-state index < -0.39 is 0 Å². The second kappa shape index (κ2) is 9.37. The monoisotopic (exact) mass is 338 g/mol. The average molecular weight is 338 g/mol. The first kappa shape index (κ1) is 19.2. The van der Waals surface area contributed by atoms with Gasteiger partial charge in [-0.3, -0.25) is 19.4 Å². The molecule has 1 atom stereocenters. The quantitative estimate of drug-likeness (QED) is 0.679. The molecular formula is C18H34N4O2. The smallest absolute Gasteiger partial charge is 0.237 e. The van der Waals surface area contributed by atoms with Gasteiger partial charge in [-0.15, -0.1) is 0 Å². The summed E-state index contributed by atoms with van der Waals surface area (Å²) >= 11 is 0. The summed E-state index contributed by atoms with van der Waals surface area (Å²) in [5.41, 5.74) is 0. The third kappa shape index (κ3) is 5.74. The van der Waals surface area contributed by atoms with Gasteiger partial charge in [0.1, 0.15) is 0 Å². The van der Waals surface area contributed by atoms with Crippen molar-refractivity contribution in [2.45, 2.75) is 58.5 Å². The summed E-state index contributed by atoms with van der Waals surface area (Å²) < 4.78 is 0. The van der Waals surface area contributed by atoms with Crippen molar-refractivity contribution >= 4 is 11.8 Å². The zero-order chi connectivity index (χ0) is 17.5. The molecule has 2 fully saturated rings. The van der Waals surface area contributed by atoms with E-state index in [0.29, 0.717) is 12.6 Å². The van der Waals surface area contributed by atoms with Crippen molar-refractivity contribution in [3.8, 4) is 0 Å². The van der Waals surface area contributed by atoms with E-state index in [0.717, 1.165) is 65.0 Å². The number of nitrogens with one attached hydrogen (secondary N) is 1. The van der Waals surface area contributed by atoms with E-state index in [4.69, 9.17) is 0 Å². The molecule has 2 rings (SSSR count). The Hall–Kier alpha value is -1.14. The van der Waals surface area contributed by atoms with E-state index >= 15 is 0 Å². The standard InChI is InChI=1S/C18H34N4O2/c1-4-8-22(9-5-2)17(23)14-20-10-12-21(13-11-20)15(3)18(24)19-16-6-7-16/h15-16H,4-14H2,1-3H3,(H,19,24). The number of carbonyl (C=O) groups is 2. The first-order valence-electron chi connectivity index (χ1n) is 9.59. The highest BCUT2D eigenvalue weighted by atomic mass is 16.2. The van der Waals surface area contributed by atoms with E-state index in [1.165, 1.54) is 0 Å². The number of amides is 2. The molecule has 1 N–H and O–H groups in total. The minimum absolute atomic E-state index is 0.0693. The van der Waals surface area contributed by atoms with Crippen molar-refractivity contribution in [2.24, 2.45) is 0 Å². The molecule has 1 aliphatic carbocycles. The van der Waals surface area contributed by atoms with Gasteiger partial charge >= 0.3 is 0 Å². The Morgan fingerprint density at radius 1 is 1.08 bits per heavy atom.